The molecular formula is C17H26F2IN3O3. The molecule has 1 aliphatic heterocycles. The summed E-state index contributed by atoms with van der Waals surface area (Å²) < 4.78 is 40.0. The fourth-order valence-corrected chi connectivity index (χ4v) is 2.79. The predicted octanol–water partition coefficient (Wildman–Crippen LogP) is 2.96. The van der Waals surface area contributed by atoms with E-state index in [4.69, 9.17) is 9.47 Å². The molecule has 6 nitrogen and oxygen atoms in total. The third kappa shape index (κ3) is 6.75. The van der Waals surface area contributed by atoms with Gasteiger partial charge in [-0.15, -0.1) is 24.0 Å². The SMILES string of the molecule is CN=C(NCc1ccc(OC)c(OC(F)F)c1)N(C)CC1CCOC1.I. The average Bonchev–Trinajstić information content (AvgIpc) is 3.08. The summed E-state index contributed by atoms with van der Waals surface area (Å²) in [5.41, 5.74) is 0.787. The molecule has 0 amide bonds. The number of guanidine groups is 1. The van der Waals surface area contributed by atoms with Gasteiger partial charge in [-0.05, 0) is 24.1 Å². The minimum Gasteiger partial charge on any atom is -0.493 e. The van der Waals surface area contributed by atoms with Crippen LogP contribution >= 0.6 is 24.0 Å². The molecule has 1 aromatic rings. The molecule has 0 aromatic heterocycles. The molecule has 1 heterocycles. The van der Waals surface area contributed by atoms with E-state index < -0.39 is 6.61 Å². The quantitative estimate of drug-likeness (QED) is 0.366. The van der Waals surface area contributed by atoms with Gasteiger partial charge in [0.05, 0.1) is 13.7 Å². The summed E-state index contributed by atoms with van der Waals surface area (Å²) in [5, 5.41) is 3.23. The van der Waals surface area contributed by atoms with Gasteiger partial charge >= 0.3 is 6.61 Å². The van der Waals surface area contributed by atoms with Crippen LogP contribution in [0.5, 0.6) is 11.5 Å². The molecule has 2 rings (SSSR count). The molecule has 9 heteroatoms. The fraction of sp³-hybridized carbons (Fsp3) is 0.588. The first-order valence-electron chi connectivity index (χ1n) is 8.14. The molecule has 0 spiro atoms. The monoisotopic (exact) mass is 485 g/mol. The summed E-state index contributed by atoms with van der Waals surface area (Å²) >= 11 is 0. The fourth-order valence-electron chi connectivity index (χ4n) is 2.79. The number of halogens is 3. The highest BCUT2D eigenvalue weighted by Crippen LogP contribution is 2.29. The zero-order valence-corrected chi connectivity index (χ0v) is 17.5. The van der Waals surface area contributed by atoms with Gasteiger partial charge in [0.15, 0.2) is 17.5 Å². The zero-order chi connectivity index (χ0) is 18.2. The number of benzene rings is 1. The molecule has 1 aromatic carbocycles. The van der Waals surface area contributed by atoms with E-state index in [1.165, 1.54) is 13.2 Å². The summed E-state index contributed by atoms with van der Waals surface area (Å²) in [5.74, 6) is 1.52. The lowest BCUT2D eigenvalue weighted by atomic mass is 10.1. The lowest BCUT2D eigenvalue weighted by molar-refractivity contribution is -0.0512. The summed E-state index contributed by atoms with van der Waals surface area (Å²) in [6.07, 6.45) is 1.05. The maximum Gasteiger partial charge on any atom is 0.387 e. The van der Waals surface area contributed by atoms with E-state index in [9.17, 15) is 8.78 Å². The number of hydrogen-bond acceptors (Lipinski definition) is 4. The number of alkyl halides is 2. The number of nitrogens with zero attached hydrogens (tertiary/aromatic N) is 2. The lowest BCUT2D eigenvalue weighted by Crippen LogP contribution is -2.41. The van der Waals surface area contributed by atoms with Crippen molar-refractivity contribution in [1.82, 2.24) is 10.2 Å². The van der Waals surface area contributed by atoms with Crippen molar-refractivity contribution < 1.29 is 23.0 Å². The molecule has 1 atom stereocenters. The van der Waals surface area contributed by atoms with Crippen molar-refractivity contribution in [2.45, 2.75) is 19.6 Å². The van der Waals surface area contributed by atoms with Crippen molar-refractivity contribution in [3.63, 3.8) is 0 Å². The third-order valence-electron chi connectivity index (χ3n) is 4.02. The lowest BCUT2D eigenvalue weighted by Gasteiger charge is -2.24. The number of rotatable bonds is 7. The Labute approximate surface area is 169 Å². The van der Waals surface area contributed by atoms with Gasteiger partial charge in [-0.2, -0.15) is 8.78 Å². The Morgan fingerprint density at radius 2 is 2.19 bits per heavy atom. The van der Waals surface area contributed by atoms with Gasteiger partial charge in [0.1, 0.15) is 0 Å². The van der Waals surface area contributed by atoms with Crippen LogP contribution < -0.4 is 14.8 Å². The number of hydrogen-bond donors (Lipinski definition) is 1. The van der Waals surface area contributed by atoms with Crippen LogP contribution in [0.25, 0.3) is 0 Å². The molecule has 148 valence electrons. The van der Waals surface area contributed by atoms with Gasteiger partial charge in [0, 0.05) is 39.7 Å². The second kappa shape index (κ2) is 11.4. The Kier molecular flexibility index (Phi) is 9.92. The molecule has 1 N–H and O–H groups in total. The van der Waals surface area contributed by atoms with E-state index in [0.717, 1.165) is 37.7 Å². The summed E-state index contributed by atoms with van der Waals surface area (Å²) in [6.45, 7) is -0.0361. The second-order valence-electron chi connectivity index (χ2n) is 5.87. The van der Waals surface area contributed by atoms with Crippen LogP contribution in [0, 0.1) is 5.92 Å². The number of aliphatic imine (C=N–C) groups is 1. The highest BCUT2D eigenvalue weighted by Gasteiger charge is 2.19. The Bertz CT molecular complexity index is 584. The van der Waals surface area contributed by atoms with Crippen LogP contribution in [0.1, 0.15) is 12.0 Å². The minimum absolute atomic E-state index is 0. The normalized spacial score (nSPS) is 17.0. The van der Waals surface area contributed by atoms with Crippen molar-refractivity contribution in [3.8, 4) is 11.5 Å². The molecule has 1 saturated heterocycles. The maximum atomic E-state index is 12.5. The molecular weight excluding hydrogens is 459 g/mol. The van der Waals surface area contributed by atoms with Crippen LogP contribution in [-0.4, -0.2) is 58.4 Å². The first kappa shape index (κ1) is 22.7. The predicted molar refractivity (Wildman–Crippen MR) is 107 cm³/mol. The molecule has 1 fully saturated rings. The smallest absolute Gasteiger partial charge is 0.387 e. The largest absolute Gasteiger partial charge is 0.493 e. The van der Waals surface area contributed by atoms with Crippen LogP contribution in [0.15, 0.2) is 23.2 Å². The van der Waals surface area contributed by atoms with Gasteiger partial charge in [0.2, 0.25) is 0 Å². The number of ether oxygens (including phenoxy) is 3. The van der Waals surface area contributed by atoms with Gasteiger partial charge in [-0.3, -0.25) is 4.99 Å². The highest BCUT2D eigenvalue weighted by atomic mass is 127. The average molecular weight is 485 g/mol. The molecule has 0 bridgehead atoms. The van der Waals surface area contributed by atoms with Crippen LogP contribution in [-0.2, 0) is 11.3 Å². The number of nitrogens with one attached hydrogen (secondary N) is 1. The van der Waals surface area contributed by atoms with Crippen molar-refractivity contribution in [2.24, 2.45) is 10.9 Å². The molecule has 26 heavy (non-hydrogen) atoms. The van der Waals surface area contributed by atoms with E-state index in [1.54, 1.807) is 19.2 Å². The van der Waals surface area contributed by atoms with E-state index in [0.29, 0.717) is 12.5 Å². The third-order valence-corrected chi connectivity index (χ3v) is 4.02. The maximum absolute atomic E-state index is 12.5. The van der Waals surface area contributed by atoms with E-state index in [1.807, 2.05) is 11.9 Å². The van der Waals surface area contributed by atoms with Gasteiger partial charge in [-0.1, -0.05) is 6.07 Å². The van der Waals surface area contributed by atoms with Gasteiger partial charge < -0.3 is 24.4 Å². The van der Waals surface area contributed by atoms with Gasteiger partial charge in [0.25, 0.3) is 0 Å². The van der Waals surface area contributed by atoms with Gasteiger partial charge in [-0.25, -0.2) is 0 Å². The Hall–Kier alpha value is -1.36. The van der Waals surface area contributed by atoms with Crippen LogP contribution in [0.3, 0.4) is 0 Å². The molecule has 0 radical (unpaired) electrons. The highest BCUT2D eigenvalue weighted by molar-refractivity contribution is 14.0. The van der Waals surface area contributed by atoms with Crippen LogP contribution in [0.4, 0.5) is 8.78 Å². The Morgan fingerprint density at radius 1 is 1.42 bits per heavy atom. The van der Waals surface area contributed by atoms with Crippen molar-refractivity contribution in [1.29, 1.82) is 0 Å². The Balaban J connectivity index is 0.00000338. The van der Waals surface area contributed by atoms with E-state index in [-0.39, 0.29) is 35.5 Å². The van der Waals surface area contributed by atoms with Crippen molar-refractivity contribution in [2.75, 3.05) is 41.0 Å². The van der Waals surface area contributed by atoms with Crippen LogP contribution in [0.2, 0.25) is 0 Å². The summed E-state index contributed by atoms with van der Waals surface area (Å²) in [4.78, 5) is 6.31. The second-order valence-corrected chi connectivity index (χ2v) is 5.87. The Morgan fingerprint density at radius 3 is 2.77 bits per heavy atom. The molecule has 0 saturated carbocycles. The standard InChI is InChI=1S/C17H25F2N3O3.HI/c1-20-17(22(2)10-13-6-7-24-11-13)21-9-12-4-5-14(23-3)15(8-12)25-16(18)19;/h4-5,8,13,16H,6-7,9-11H2,1-3H3,(H,20,21);1H. The van der Waals surface area contributed by atoms with E-state index in [2.05, 4.69) is 15.0 Å². The number of methoxy groups -OCH3 is 1. The minimum atomic E-state index is -2.90. The summed E-state index contributed by atoms with van der Waals surface area (Å²) in [7, 11) is 5.09. The van der Waals surface area contributed by atoms with Crippen molar-refractivity contribution in [3.05, 3.63) is 23.8 Å². The van der Waals surface area contributed by atoms with E-state index >= 15 is 0 Å². The topological polar surface area (TPSA) is 55.3 Å². The molecule has 1 aliphatic rings. The molecule has 1 unspecified atom stereocenters. The first-order chi connectivity index (χ1) is 12.0. The zero-order valence-electron chi connectivity index (χ0n) is 15.2. The summed E-state index contributed by atoms with van der Waals surface area (Å²) in [6, 6.07) is 4.94. The van der Waals surface area contributed by atoms with Crippen molar-refractivity contribution >= 4 is 29.9 Å². The molecule has 0 aliphatic carbocycles. The first-order valence-corrected chi connectivity index (χ1v) is 8.14.